The number of aliphatic hydroxyl groups excluding tert-OH is 1. The third-order valence-corrected chi connectivity index (χ3v) is 3.64. The lowest BCUT2D eigenvalue weighted by molar-refractivity contribution is 0.279. The molecule has 4 nitrogen and oxygen atoms in total. The number of nitrogens with two attached hydrogens (primary N) is 1. The van der Waals surface area contributed by atoms with E-state index in [-0.39, 0.29) is 18.0 Å². The Morgan fingerprint density at radius 1 is 1.53 bits per heavy atom. The number of hydrogen-bond acceptors (Lipinski definition) is 3. The molecule has 0 saturated carbocycles. The van der Waals surface area contributed by atoms with Gasteiger partial charge >= 0.3 is 0 Å². The van der Waals surface area contributed by atoms with Gasteiger partial charge in [0.25, 0.3) is 0 Å². The lowest BCUT2D eigenvalue weighted by Gasteiger charge is -2.28. The Hall–Kier alpha value is -1.62. The van der Waals surface area contributed by atoms with Crippen LogP contribution in [0.4, 0.5) is 10.1 Å². The number of benzene rings is 1. The summed E-state index contributed by atoms with van der Waals surface area (Å²) in [6.07, 6.45) is 3.70. The van der Waals surface area contributed by atoms with Gasteiger partial charge in [-0.25, -0.2) is 4.39 Å². The quantitative estimate of drug-likeness (QED) is 0.562. The fourth-order valence-electron chi connectivity index (χ4n) is 2.80. The minimum absolute atomic E-state index is 0.174. The molecule has 5 heteroatoms. The summed E-state index contributed by atoms with van der Waals surface area (Å²) in [5.74, 6) is -0.682. The number of halogens is 1. The number of aliphatic hydroxyl groups is 1. The lowest BCUT2D eigenvalue weighted by atomic mass is 10.1. The molecule has 0 bridgehead atoms. The van der Waals surface area contributed by atoms with Crippen molar-refractivity contribution >= 4 is 11.5 Å². The van der Waals surface area contributed by atoms with Crippen molar-refractivity contribution in [2.75, 3.05) is 18.1 Å². The van der Waals surface area contributed by atoms with Crippen molar-refractivity contribution in [2.45, 2.75) is 31.7 Å². The maximum absolute atomic E-state index is 13.8. The Balaban J connectivity index is 2.30. The highest BCUT2D eigenvalue weighted by molar-refractivity contribution is 6.00. The lowest BCUT2D eigenvalue weighted by Crippen LogP contribution is -2.32. The van der Waals surface area contributed by atoms with Gasteiger partial charge in [0.05, 0.1) is 11.3 Å². The SMILES string of the molecule is N=C(N)c1c(F)cccc1N1CCCC1CCCO. The van der Waals surface area contributed by atoms with Crippen molar-refractivity contribution in [1.29, 1.82) is 5.41 Å². The average molecular weight is 265 g/mol. The molecule has 2 rings (SSSR count). The maximum Gasteiger partial charge on any atom is 0.136 e. The van der Waals surface area contributed by atoms with E-state index in [1.807, 2.05) is 6.07 Å². The smallest absolute Gasteiger partial charge is 0.136 e. The minimum atomic E-state index is -0.446. The van der Waals surface area contributed by atoms with Gasteiger partial charge in [0.2, 0.25) is 0 Å². The first-order valence-electron chi connectivity index (χ1n) is 6.65. The second-order valence-electron chi connectivity index (χ2n) is 4.90. The van der Waals surface area contributed by atoms with Crippen molar-refractivity contribution < 1.29 is 9.50 Å². The van der Waals surface area contributed by atoms with Gasteiger partial charge in [0, 0.05) is 19.2 Å². The molecule has 1 atom stereocenters. The molecule has 1 heterocycles. The molecule has 1 unspecified atom stereocenters. The summed E-state index contributed by atoms with van der Waals surface area (Å²) >= 11 is 0. The summed E-state index contributed by atoms with van der Waals surface area (Å²) in [4.78, 5) is 2.12. The summed E-state index contributed by atoms with van der Waals surface area (Å²) in [5.41, 5.74) is 6.40. The summed E-state index contributed by atoms with van der Waals surface area (Å²) in [7, 11) is 0. The fourth-order valence-corrected chi connectivity index (χ4v) is 2.80. The van der Waals surface area contributed by atoms with Crippen molar-refractivity contribution in [3.63, 3.8) is 0 Å². The van der Waals surface area contributed by atoms with Gasteiger partial charge in [-0.2, -0.15) is 0 Å². The van der Waals surface area contributed by atoms with E-state index in [9.17, 15) is 4.39 Å². The summed E-state index contributed by atoms with van der Waals surface area (Å²) in [6, 6.07) is 5.10. The van der Waals surface area contributed by atoms with Gasteiger partial charge in [-0.15, -0.1) is 0 Å². The Morgan fingerprint density at radius 3 is 3.00 bits per heavy atom. The van der Waals surface area contributed by atoms with Crippen LogP contribution < -0.4 is 10.6 Å². The number of nitrogens with one attached hydrogen (secondary N) is 1. The fraction of sp³-hybridized carbons (Fsp3) is 0.500. The zero-order valence-corrected chi connectivity index (χ0v) is 10.9. The maximum atomic E-state index is 13.8. The van der Waals surface area contributed by atoms with Gasteiger partial charge in [-0.05, 0) is 37.8 Å². The van der Waals surface area contributed by atoms with Gasteiger partial charge < -0.3 is 15.7 Å². The largest absolute Gasteiger partial charge is 0.396 e. The van der Waals surface area contributed by atoms with E-state index in [0.29, 0.717) is 11.7 Å². The highest BCUT2D eigenvalue weighted by Gasteiger charge is 2.27. The molecule has 1 fully saturated rings. The predicted octanol–water partition coefficient (Wildman–Crippen LogP) is 1.85. The standard InChI is InChI=1S/C14H20FN3O/c15-11-6-1-7-12(13(11)14(16)17)18-8-2-4-10(18)5-3-9-19/h1,6-7,10,19H,2-5,8-9H2,(H3,16,17). The minimum Gasteiger partial charge on any atom is -0.396 e. The molecule has 19 heavy (non-hydrogen) atoms. The molecule has 0 aromatic heterocycles. The van der Waals surface area contributed by atoms with Crippen LogP contribution in [0.2, 0.25) is 0 Å². The van der Waals surface area contributed by atoms with Crippen LogP contribution in [-0.4, -0.2) is 30.1 Å². The predicted molar refractivity (Wildman–Crippen MR) is 74.1 cm³/mol. The van der Waals surface area contributed by atoms with E-state index < -0.39 is 5.82 Å². The molecule has 1 aliphatic heterocycles. The van der Waals surface area contributed by atoms with Gasteiger partial charge in [0.15, 0.2) is 0 Å². The van der Waals surface area contributed by atoms with Crippen LogP contribution in [-0.2, 0) is 0 Å². The van der Waals surface area contributed by atoms with Crippen molar-refractivity contribution in [3.8, 4) is 0 Å². The van der Waals surface area contributed by atoms with Crippen LogP contribution in [0.15, 0.2) is 18.2 Å². The first-order chi connectivity index (χ1) is 9.15. The molecule has 104 valence electrons. The van der Waals surface area contributed by atoms with Gasteiger partial charge in [-0.1, -0.05) is 6.07 Å². The summed E-state index contributed by atoms with van der Waals surface area (Å²) < 4.78 is 13.8. The molecule has 0 amide bonds. The average Bonchev–Trinajstić information content (AvgIpc) is 2.83. The molecule has 0 spiro atoms. The summed E-state index contributed by atoms with van der Waals surface area (Å²) in [6.45, 7) is 1.02. The first-order valence-corrected chi connectivity index (χ1v) is 6.65. The van der Waals surface area contributed by atoms with E-state index >= 15 is 0 Å². The van der Waals surface area contributed by atoms with E-state index in [0.717, 1.165) is 32.2 Å². The first kappa shape index (κ1) is 13.8. The van der Waals surface area contributed by atoms with Crippen LogP contribution >= 0.6 is 0 Å². The Bertz CT molecular complexity index is 464. The van der Waals surface area contributed by atoms with E-state index in [1.165, 1.54) is 6.07 Å². The molecular weight excluding hydrogens is 245 g/mol. The highest BCUT2D eigenvalue weighted by Crippen LogP contribution is 2.31. The second-order valence-corrected chi connectivity index (χ2v) is 4.90. The van der Waals surface area contributed by atoms with E-state index in [1.54, 1.807) is 6.07 Å². The molecule has 1 aromatic rings. The van der Waals surface area contributed by atoms with Crippen LogP contribution in [0.5, 0.6) is 0 Å². The van der Waals surface area contributed by atoms with Gasteiger partial charge in [0.1, 0.15) is 11.7 Å². The van der Waals surface area contributed by atoms with E-state index in [2.05, 4.69) is 4.90 Å². The van der Waals surface area contributed by atoms with Crippen LogP contribution in [0.3, 0.4) is 0 Å². The highest BCUT2D eigenvalue weighted by atomic mass is 19.1. The van der Waals surface area contributed by atoms with Crippen molar-refractivity contribution in [3.05, 3.63) is 29.6 Å². The molecule has 1 saturated heterocycles. The Kier molecular flexibility index (Phi) is 4.37. The molecule has 0 aliphatic carbocycles. The van der Waals surface area contributed by atoms with Gasteiger partial charge in [-0.3, -0.25) is 5.41 Å². The molecule has 4 N–H and O–H groups in total. The number of amidine groups is 1. The second kappa shape index (κ2) is 6.02. The molecule has 1 aliphatic rings. The van der Waals surface area contributed by atoms with E-state index in [4.69, 9.17) is 16.2 Å². The van der Waals surface area contributed by atoms with Crippen molar-refractivity contribution in [2.24, 2.45) is 5.73 Å². The van der Waals surface area contributed by atoms with Crippen LogP contribution in [0.1, 0.15) is 31.2 Å². The van der Waals surface area contributed by atoms with Crippen molar-refractivity contribution in [1.82, 2.24) is 0 Å². The topological polar surface area (TPSA) is 73.3 Å². The Labute approximate surface area is 112 Å². The number of rotatable bonds is 5. The number of nitrogen functional groups attached to an aromatic ring is 1. The number of hydrogen-bond donors (Lipinski definition) is 3. The third kappa shape index (κ3) is 2.87. The Morgan fingerprint density at radius 2 is 2.32 bits per heavy atom. The third-order valence-electron chi connectivity index (χ3n) is 3.64. The van der Waals surface area contributed by atoms with Crippen LogP contribution in [0, 0.1) is 11.2 Å². The normalized spacial score (nSPS) is 18.8. The zero-order chi connectivity index (χ0) is 13.8. The summed E-state index contributed by atoms with van der Waals surface area (Å²) in [5, 5.41) is 16.5. The van der Waals surface area contributed by atoms with Crippen LogP contribution in [0.25, 0.3) is 0 Å². The molecule has 1 aromatic carbocycles. The number of anilines is 1. The molecule has 0 radical (unpaired) electrons. The monoisotopic (exact) mass is 265 g/mol. The molecular formula is C14H20FN3O. The zero-order valence-electron chi connectivity index (χ0n) is 10.9. The number of nitrogens with zero attached hydrogens (tertiary/aromatic N) is 1.